The summed E-state index contributed by atoms with van der Waals surface area (Å²) < 4.78 is 17.9. The highest BCUT2D eigenvalue weighted by molar-refractivity contribution is 6.48. The van der Waals surface area contributed by atoms with Crippen molar-refractivity contribution < 1.29 is 33.5 Å². The molecule has 14 nitrogen and oxygen atoms in total. The summed E-state index contributed by atoms with van der Waals surface area (Å²) in [5, 5.41) is 15.4. The van der Waals surface area contributed by atoms with Crippen molar-refractivity contribution in [1.82, 2.24) is 16.1 Å². The standard InChI is InChI=1S/C27H45BN6O8/c1-7-40-23(36)11-10-22(35)31-18(9-8-12-30-25(29)33-34(38)39)24(37)32-21(13-16(2)3)28-41-20-15-17-14-19(26(17,4)5)27(20,6)42-28/h10-11,16-21H,7-9,12-15H2,1-6H3,(H,31,35)(H,32,37)(H3,29,30,33)/b11-10+/t17-,18-,19-,20+,21-,27-/m0/s1. The Morgan fingerprint density at radius 3 is 2.55 bits per heavy atom. The lowest BCUT2D eigenvalue weighted by Crippen LogP contribution is -2.65. The Morgan fingerprint density at radius 1 is 1.21 bits per heavy atom. The van der Waals surface area contributed by atoms with Gasteiger partial charge in [-0.25, -0.2) is 19.9 Å². The topological polar surface area (TPSA) is 197 Å². The molecule has 1 aliphatic heterocycles. The molecule has 0 aromatic rings. The van der Waals surface area contributed by atoms with Gasteiger partial charge in [-0.15, -0.1) is 0 Å². The van der Waals surface area contributed by atoms with Gasteiger partial charge in [-0.1, -0.05) is 33.1 Å². The Balaban J connectivity index is 1.71. The number of aliphatic imine (C=N–C) groups is 1. The van der Waals surface area contributed by atoms with Crippen molar-refractivity contribution in [2.24, 2.45) is 33.9 Å². The number of nitrogens with one attached hydrogen (secondary N) is 3. The van der Waals surface area contributed by atoms with Gasteiger partial charge in [0, 0.05) is 18.7 Å². The average molecular weight is 593 g/mol. The van der Waals surface area contributed by atoms with Crippen LogP contribution in [0.4, 0.5) is 0 Å². The summed E-state index contributed by atoms with van der Waals surface area (Å²) in [4.78, 5) is 52.2. The van der Waals surface area contributed by atoms with Gasteiger partial charge in [-0.2, -0.15) is 0 Å². The van der Waals surface area contributed by atoms with Crippen LogP contribution in [-0.2, 0) is 28.4 Å². The van der Waals surface area contributed by atoms with Crippen LogP contribution in [0.1, 0.15) is 73.6 Å². The Kier molecular flexibility index (Phi) is 11.0. The molecule has 2 bridgehead atoms. The molecule has 4 fully saturated rings. The Labute approximate surface area is 247 Å². The van der Waals surface area contributed by atoms with Crippen LogP contribution in [0.3, 0.4) is 0 Å². The summed E-state index contributed by atoms with van der Waals surface area (Å²) >= 11 is 0. The number of hydrogen-bond donors (Lipinski definition) is 4. The molecule has 0 spiro atoms. The fraction of sp³-hybridized carbons (Fsp3) is 0.778. The monoisotopic (exact) mass is 592 g/mol. The molecule has 42 heavy (non-hydrogen) atoms. The van der Waals surface area contributed by atoms with Crippen molar-refractivity contribution in [3.8, 4) is 0 Å². The van der Waals surface area contributed by atoms with Gasteiger partial charge in [0.25, 0.3) is 5.96 Å². The van der Waals surface area contributed by atoms with E-state index in [0.29, 0.717) is 18.3 Å². The summed E-state index contributed by atoms with van der Waals surface area (Å²) in [5.41, 5.74) is 6.95. The molecule has 5 N–H and O–H groups in total. The van der Waals surface area contributed by atoms with E-state index >= 15 is 0 Å². The number of amides is 2. The third kappa shape index (κ3) is 8.00. The largest absolute Gasteiger partial charge is 0.481 e. The maximum atomic E-state index is 13.6. The third-order valence-corrected chi connectivity index (χ3v) is 8.78. The number of guanidine groups is 1. The number of nitrogens with two attached hydrogens (primary N) is 1. The van der Waals surface area contributed by atoms with Gasteiger partial charge in [0.05, 0.1) is 24.3 Å². The van der Waals surface area contributed by atoms with Gasteiger partial charge in [0.1, 0.15) is 6.04 Å². The van der Waals surface area contributed by atoms with Crippen LogP contribution in [0.5, 0.6) is 0 Å². The van der Waals surface area contributed by atoms with Gasteiger partial charge in [-0.3, -0.25) is 9.59 Å². The van der Waals surface area contributed by atoms with E-state index < -0.39 is 47.5 Å². The number of rotatable bonds is 14. The zero-order chi connectivity index (χ0) is 31.2. The van der Waals surface area contributed by atoms with Crippen LogP contribution in [-0.4, -0.2) is 72.7 Å². The molecule has 0 aromatic carbocycles. The van der Waals surface area contributed by atoms with E-state index in [-0.39, 0.29) is 49.4 Å². The lowest BCUT2D eigenvalue weighted by molar-refractivity contribution is -0.525. The first-order valence-corrected chi connectivity index (χ1v) is 14.7. The van der Waals surface area contributed by atoms with Gasteiger partial charge < -0.3 is 30.4 Å². The minimum atomic E-state index is -0.995. The van der Waals surface area contributed by atoms with Crippen LogP contribution in [0.25, 0.3) is 0 Å². The number of esters is 1. The molecule has 4 aliphatic rings. The number of carbonyl (C=O) groups is 3. The summed E-state index contributed by atoms with van der Waals surface area (Å²) in [5.74, 6) is -1.45. The van der Waals surface area contributed by atoms with Gasteiger partial charge in [0.15, 0.2) is 5.03 Å². The quantitative estimate of drug-likeness (QED) is 0.0333. The number of nitro groups is 1. The van der Waals surface area contributed by atoms with E-state index in [9.17, 15) is 24.5 Å². The molecule has 6 atom stereocenters. The second kappa shape index (κ2) is 13.9. The van der Waals surface area contributed by atoms with Crippen molar-refractivity contribution in [3.05, 3.63) is 22.3 Å². The van der Waals surface area contributed by atoms with Crippen LogP contribution >= 0.6 is 0 Å². The van der Waals surface area contributed by atoms with E-state index in [2.05, 4.69) is 36.4 Å². The van der Waals surface area contributed by atoms with E-state index in [4.69, 9.17) is 19.8 Å². The van der Waals surface area contributed by atoms with Crippen molar-refractivity contribution in [1.29, 1.82) is 0 Å². The molecule has 0 aromatic heterocycles. The number of hydrazine groups is 1. The average Bonchev–Trinajstić information content (AvgIpc) is 3.25. The van der Waals surface area contributed by atoms with Gasteiger partial charge >= 0.3 is 13.1 Å². The van der Waals surface area contributed by atoms with E-state index in [1.54, 1.807) is 12.3 Å². The zero-order valence-corrected chi connectivity index (χ0v) is 25.4. The Bertz CT molecular complexity index is 1080. The summed E-state index contributed by atoms with van der Waals surface area (Å²) in [6, 6.07) is -0.995. The molecule has 3 aliphatic carbocycles. The number of nitrogens with zero attached hydrogens (tertiary/aromatic N) is 2. The highest BCUT2D eigenvalue weighted by Gasteiger charge is 2.68. The first kappa shape index (κ1) is 33.3. The first-order chi connectivity index (χ1) is 19.7. The SMILES string of the molecule is CCOC(=O)/C=C/C(=O)N[C@@H](CCCN=C(N)N[N+](=O)[O-])C(=O)N[C@@H](CC(C)C)B1O[C@@H]2C[C@@H]3C[C@@H](C3(C)C)[C@]2(C)O1. The molecule has 234 valence electrons. The maximum absolute atomic E-state index is 13.6. The molecule has 1 saturated heterocycles. The lowest BCUT2D eigenvalue weighted by Gasteiger charge is -2.64. The number of ether oxygens (including phenoxy) is 1. The van der Waals surface area contributed by atoms with Crippen molar-refractivity contribution in [2.75, 3.05) is 13.2 Å². The Hall–Kier alpha value is -3.20. The molecule has 3 saturated carbocycles. The number of hydrogen-bond acceptors (Lipinski definition) is 9. The van der Waals surface area contributed by atoms with E-state index in [1.165, 1.54) is 0 Å². The summed E-state index contributed by atoms with van der Waals surface area (Å²) in [7, 11) is -0.640. The number of carbonyl (C=O) groups excluding carboxylic acids is 3. The van der Waals surface area contributed by atoms with E-state index in [1.807, 2.05) is 13.8 Å². The highest BCUT2D eigenvalue weighted by Crippen LogP contribution is 2.65. The molecule has 15 heteroatoms. The molecule has 2 amide bonds. The fourth-order valence-electron chi connectivity index (χ4n) is 6.55. The highest BCUT2D eigenvalue weighted by atomic mass is 16.7. The second-order valence-corrected chi connectivity index (χ2v) is 12.5. The van der Waals surface area contributed by atoms with Crippen LogP contribution < -0.4 is 21.8 Å². The van der Waals surface area contributed by atoms with Crippen LogP contribution in [0, 0.1) is 33.3 Å². The maximum Gasteiger partial charge on any atom is 0.481 e. The van der Waals surface area contributed by atoms with E-state index in [0.717, 1.165) is 25.0 Å². The minimum absolute atomic E-state index is 0.0505. The normalized spacial score (nSPS) is 27.5. The van der Waals surface area contributed by atoms with Crippen molar-refractivity contribution in [2.45, 2.75) is 97.3 Å². The predicted octanol–water partition coefficient (Wildman–Crippen LogP) is 1.27. The summed E-state index contributed by atoms with van der Waals surface area (Å²) in [6.07, 6.45) is 4.98. The van der Waals surface area contributed by atoms with Crippen molar-refractivity contribution in [3.63, 3.8) is 0 Å². The van der Waals surface area contributed by atoms with Crippen LogP contribution in [0.2, 0.25) is 0 Å². The fourth-order valence-corrected chi connectivity index (χ4v) is 6.55. The molecule has 4 rings (SSSR count). The molecular formula is C27H45BN6O8. The van der Waals surface area contributed by atoms with Crippen molar-refractivity contribution >= 4 is 30.9 Å². The minimum Gasteiger partial charge on any atom is -0.463 e. The Morgan fingerprint density at radius 2 is 1.93 bits per heavy atom. The molecule has 0 radical (unpaired) electrons. The van der Waals surface area contributed by atoms with Crippen LogP contribution in [0.15, 0.2) is 17.1 Å². The third-order valence-electron chi connectivity index (χ3n) is 8.78. The molecule has 0 unspecified atom stereocenters. The predicted molar refractivity (Wildman–Crippen MR) is 155 cm³/mol. The second-order valence-electron chi connectivity index (χ2n) is 12.5. The van der Waals surface area contributed by atoms with Gasteiger partial charge in [-0.05, 0) is 69.1 Å². The first-order valence-electron chi connectivity index (χ1n) is 14.7. The van der Waals surface area contributed by atoms with Gasteiger partial charge in [0.2, 0.25) is 11.8 Å². The lowest BCUT2D eigenvalue weighted by atomic mass is 9.43. The summed E-state index contributed by atoms with van der Waals surface area (Å²) in [6.45, 7) is 12.7. The smallest absolute Gasteiger partial charge is 0.463 e. The molecule has 1 heterocycles. The zero-order valence-electron chi connectivity index (χ0n) is 25.4. The molecular weight excluding hydrogens is 547 g/mol.